The van der Waals surface area contributed by atoms with E-state index in [0.29, 0.717) is 0 Å². The van der Waals surface area contributed by atoms with Crippen molar-refractivity contribution in [3.05, 3.63) is 180 Å². The maximum Gasteiger partial charge on any atom is 0.0630 e. The van der Waals surface area contributed by atoms with E-state index in [2.05, 4.69) is 156 Å². The summed E-state index contributed by atoms with van der Waals surface area (Å²) in [7, 11) is 0. The molecule has 0 N–H and O–H groups in total. The predicted octanol–water partition coefficient (Wildman–Crippen LogP) is 10.3. The van der Waals surface area contributed by atoms with E-state index in [4.69, 9.17) is 0 Å². The molecule has 0 unspecified atom stereocenters. The molecule has 0 aromatic heterocycles. The van der Waals surface area contributed by atoms with E-state index < -0.39 is 0 Å². The highest BCUT2D eigenvalue weighted by atomic mass is 14.7. The second kappa shape index (κ2) is 13.3. The molecule has 0 atom stereocenters. The van der Waals surface area contributed by atoms with Gasteiger partial charge in [-0.2, -0.15) is 0 Å². The number of rotatable bonds is 9. The van der Waals surface area contributed by atoms with Crippen LogP contribution in [0.4, 0.5) is 11.4 Å². The molecular weight excluding hydrogens is 508 g/mol. The van der Waals surface area contributed by atoms with E-state index in [1.165, 1.54) is 33.4 Å². The van der Waals surface area contributed by atoms with Gasteiger partial charge in [-0.25, -0.2) is 0 Å². The van der Waals surface area contributed by atoms with Crippen LogP contribution in [-0.2, 0) is 12.8 Å². The lowest BCUT2D eigenvalue weighted by atomic mass is 10.0. The first kappa shape index (κ1) is 26.9. The first-order valence-electron chi connectivity index (χ1n) is 14.4. The number of benzene rings is 6. The lowest BCUT2D eigenvalue weighted by Gasteiger charge is -2.04. The van der Waals surface area contributed by atoms with Crippen LogP contribution in [-0.4, -0.2) is 12.4 Å². The summed E-state index contributed by atoms with van der Waals surface area (Å²) in [6.45, 7) is 0. The quantitative estimate of drug-likeness (QED) is 0.163. The highest BCUT2D eigenvalue weighted by Crippen LogP contribution is 2.21. The third-order valence-electron chi connectivity index (χ3n) is 7.34. The molecule has 0 fully saturated rings. The summed E-state index contributed by atoms with van der Waals surface area (Å²) in [6, 6.07) is 54.9. The molecule has 202 valence electrons. The van der Waals surface area contributed by atoms with Gasteiger partial charge < -0.3 is 0 Å². The van der Waals surface area contributed by atoms with E-state index in [-0.39, 0.29) is 0 Å². The standard InChI is InChI=1S/C40H32N2/c1-3-7-35(8-4-1)37-21-13-33(14-22-37)29-41-39-25-17-31(18-26-39)11-12-32-19-27-40(28-20-32)42-30-34-15-23-38(24-16-34)36-9-5-2-6-10-36/h1-10,13-30H,11-12H2/b41-29+,42-30+. The van der Waals surface area contributed by atoms with Crippen molar-refractivity contribution in [1.29, 1.82) is 0 Å². The van der Waals surface area contributed by atoms with Gasteiger partial charge in [0.2, 0.25) is 0 Å². The molecule has 0 bridgehead atoms. The van der Waals surface area contributed by atoms with Crippen LogP contribution < -0.4 is 0 Å². The third-order valence-corrected chi connectivity index (χ3v) is 7.34. The van der Waals surface area contributed by atoms with Gasteiger partial charge in [-0.05, 0) is 81.6 Å². The number of nitrogens with zero attached hydrogens (tertiary/aromatic N) is 2. The summed E-state index contributed by atoms with van der Waals surface area (Å²) < 4.78 is 0. The number of aliphatic imine (C=N–C) groups is 2. The summed E-state index contributed by atoms with van der Waals surface area (Å²) in [4.78, 5) is 9.33. The Morgan fingerprint density at radius 1 is 0.333 bits per heavy atom. The lowest BCUT2D eigenvalue weighted by molar-refractivity contribution is 0.960. The van der Waals surface area contributed by atoms with Gasteiger partial charge in [0, 0.05) is 12.4 Å². The van der Waals surface area contributed by atoms with Gasteiger partial charge >= 0.3 is 0 Å². The van der Waals surface area contributed by atoms with Crippen LogP contribution in [0.5, 0.6) is 0 Å². The Hall–Kier alpha value is -5.34. The number of hydrogen-bond donors (Lipinski definition) is 0. The van der Waals surface area contributed by atoms with Crippen molar-refractivity contribution in [3.63, 3.8) is 0 Å². The zero-order valence-electron chi connectivity index (χ0n) is 23.5. The predicted molar refractivity (Wildman–Crippen MR) is 179 cm³/mol. The number of aryl methyl sites for hydroxylation is 2. The minimum atomic E-state index is 0.961. The van der Waals surface area contributed by atoms with Crippen LogP contribution >= 0.6 is 0 Å². The van der Waals surface area contributed by atoms with E-state index in [9.17, 15) is 0 Å². The first-order valence-corrected chi connectivity index (χ1v) is 14.4. The number of hydrogen-bond acceptors (Lipinski definition) is 2. The fourth-order valence-corrected chi connectivity index (χ4v) is 4.87. The molecule has 0 aliphatic heterocycles. The molecule has 2 heteroatoms. The molecule has 0 heterocycles. The van der Waals surface area contributed by atoms with Gasteiger partial charge in [-0.15, -0.1) is 0 Å². The van der Waals surface area contributed by atoms with Crippen molar-refractivity contribution in [1.82, 2.24) is 0 Å². The molecule has 2 nitrogen and oxygen atoms in total. The van der Waals surface area contributed by atoms with Gasteiger partial charge in [-0.3, -0.25) is 9.98 Å². The van der Waals surface area contributed by atoms with E-state index in [1.54, 1.807) is 0 Å². The molecule has 0 aliphatic carbocycles. The molecule has 6 aromatic rings. The zero-order chi connectivity index (χ0) is 28.4. The minimum absolute atomic E-state index is 0.961. The summed E-state index contributed by atoms with van der Waals surface area (Å²) in [5, 5.41) is 0. The van der Waals surface area contributed by atoms with Crippen molar-refractivity contribution < 1.29 is 0 Å². The smallest absolute Gasteiger partial charge is 0.0630 e. The maximum atomic E-state index is 4.67. The van der Waals surface area contributed by atoms with Crippen LogP contribution in [0.1, 0.15) is 22.3 Å². The maximum absolute atomic E-state index is 4.67. The Bertz CT molecular complexity index is 1610. The summed E-state index contributed by atoms with van der Waals surface area (Å²) in [5.41, 5.74) is 11.6. The van der Waals surface area contributed by atoms with Crippen molar-refractivity contribution >= 4 is 23.8 Å². The van der Waals surface area contributed by atoms with Crippen molar-refractivity contribution in [2.45, 2.75) is 12.8 Å². The molecule has 0 saturated heterocycles. The van der Waals surface area contributed by atoms with E-state index in [0.717, 1.165) is 35.3 Å². The van der Waals surface area contributed by atoms with Crippen LogP contribution in [0.2, 0.25) is 0 Å². The molecule has 6 rings (SSSR count). The van der Waals surface area contributed by atoms with Gasteiger partial charge in [0.15, 0.2) is 0 Å². The summed E-state index contributed by atoms with van der Waals surface area (Å²) in [6.07, 6.45) is 5.82. The monoisotopic (exact) mass is 540 g/mol. The summed E-state index contributed by atoms with van der Waals surface area (Å²) >= 11 is 0. The average Bonchev–Trinajstić information content (AvgIpc) is 3.08. The van der Waals surface area contributed by atoms with E-state index >= 15 is 0 Å². The fourth-order valence-electron chi connectivity index (χ4n) is 4.87. The fraction of sp³-hybridized carbons (Fsp3) is 0.0500. The second-order valence-corrected chi connectivity index (χ2v) is 10.3. The molecule has 6 aromatic carbocycles. The topological polar surface area (TPSA) is 24.7 Å². The Labute approximate surface area is 248 Å². The van der Waals surface area contributed by atoms with Gasteiger partial charge in [0.05, 0.1) is 11.4 Å². The molecule has 0 aliphatic rings. The Morgan fingerprint density at radius 2 is 0.667 bits per heavy atom. The Kier molecular flexibility index (Phi) is 8.53. The van der Waals surface area contributed by atoms with E-state index in [1.807, 2.05) is 24.6 Å². The molecule has 0 saturated carbocycles. The third kappa shape index (κ3) is 7.24. The molecule has 42 heavy (non-hydrogen) atoms. The molecule has 0 amide bonds. The van der Waals surface area contributed by atoms with Gasteiger partial charge in [0.1, 0.15) is 0 Å². The SMILES string of the molecule is C(=N\c1ccc(CCc2ccc(/N=C/c3ccc(-c4ccccc4)cc3)cc2)cc1)/c1ccc(-c2ccccc2)cc1. The Balaban J connectivity index is 0.989. The minimum Gasteiger partial charge on any atom is -0.256 e. The molecule has 0 radical (unpaired) electrons. The van der Waals surface area contributed by atoms with Crippen LogP contribution in [0.25, 0.3) is 22.3 Å². The van der Waals surface area contributed by atoms with Crippen LogP contribution in [0.3, 0.4) is 0 Å². The summed E-state index contributed by atoms with van der Waals surface area (Å²) in [5.74, 6) is 0. The van der Waals surface area contributed by atoms with Crippen LogP contribution in [0, 0.1) is 0 Å². The van der Waals surface area contributed by atoms with Crippen LogP contribution in [0.15, 0.2) is 168 Å². The Morgan fingerprint density at radius 3 is 1.02 bits per heavy atom. The molecular formula is C40H32N2. The van der Waals surface area contributed by atoms with Gasteiger partial charge in [0.25, 0.3) is 0 Å². The highest BCUT2D eigenvalue weighted by Gasteiger charge is 2.00. The molecule has 0 spiro atoms. The van der Waals surface area contributed by atoms with Gasteiger partial charge in [-0.1, -0.05) is 133 Å². The normalized spacial score (nSPS) is 11.3. The second-order valence-electron chi connectivity index (χ2n) is 10.3. The largest absolute Gasteiger partial charge is 0.256 e. The zero-order valence-corrected chi connectivity index (χ0v) is 23.5. The van der Waals surface area contributed by atoms with Crippen molar-refractivity contribution in [2.75, 3.05) is 0 Å². The first-order chi connectivity index (χ1) is 20.8. The average molecular weight is 541 g/mol. The highest BCUT2D eigenvalue weighted by molar-refractivity contribution is 5.84. The lowest BCUT2D eigenvalue weighted by Crippen LogP contribution is -1.90. The van der Waals surface area contributed by atoms with Crippen molar-refractivity contribution in [3.8, 4) is 22.3 Å². The van der Waals surface area contributed by atoms with Crippen molar-refractivity contribution in [2.24, 2.45) is 9.98 Å².